The molecule has 0 fully saturated rings. The third-order valence-corrected chi connectivity index (χ3v) is 6.37. The molecule has 1 amide bonds. The Morgan fingerprint density at radius 3 is 2.57 bits per heavy atom. The second kappa shape index (κ2) is 8.58. The van der Waals surface area contributed by atoms with Crippen molar-refractivity contribution >= 4 is 5.91 Å². The third kappa shape index (κ3) is 3.73. The molecule has 6 nitrogen and oxygen atoms in total. The summed E-state index contributed by atoms with van der Waals surface area (Å²) >= 11 is 0. The maximum Gasteiger partial charge on any atom is 0.277 e. The van der Waals surface area contributed by atoms with Crippen LogP contribution in [0.4, 0.5) is 4.39 Å². The van der Waals surface area contributed by atoms with Crippen molar-refractivity contribution in [3.05, 3.63) is 123 Å². The quantitative estimate of drug-likeness (QED) is 0.521. The first-order chi connectivity index (χ1) is 16.8. The molecule has 2 aromatic carbocycles. The number of allylic oxidation sites excluding steroid dienone is 2. The number of amides is 1. The summed E-state index contributed by atoms with van der Waals surface area (Å²) in [5.74, 6) is -2.56. The summed E-state index contributed by atoms with van der Waals surface area (Å²) in [7, 11) is 1.59. The van der Waals surface area contributed by atoms with E-state index in [1.807, 2.05) is 49.4 Å². The van der Waals surface area contributed by atoms with Gasteiger partial charge in [0, 0.05) is 24.9 Å². The maximum atomic E-state index is 17.4. The number of carbonyl (C=O) groups excluding carboxylic acids is 1. The topological polar surface area (TPSA) is 54.8 Å². The standard InChI is InChI=1S/C28H26FN3O3/c1-19(2)15-22-16-21-11-7-8-12-23(21)28(22,29)32-18-30(3)27(34)25-26(24(33)13-14-31(25)32)35-17-20-9-5-4-6-10-20/h4-15H,1,16-18H2,2-3H3/b22-15-. The van der Waals surface area contributed by atoms with Crippen LogP contribution in [0.15, 0.2) is 95.5 Å². The van der Waals surface area contributed by atoms with Gasteiger partial charge in [-0.05, 0) is 30.0 Å². The lowest BCUT2D eigenvalue weighted by molar-refractivity contribution is 0.0627. The van der Waals surface area contributed by atoms with Gasteiger partial charge in [-0.2, -0.15) is 0 Å². The number of alkyl halides is 1. The van der Waals surface area contributed by atoms with E-state index in [4.69, 9.17) is 4.74 Å². The number of carbonyl (C=O) groups is 1. The van der Waals surface area contributed by atoms with Crippen LogP contribution in [0, 0.1) is 0 Å². The van der Waals surface area contributed by atoms with E-state index in [1.165, 1.54) is 26.8 Å². The lowest BCUT2D eigenvalue weighted by Gasteiger charge is -2.45. The molecule has 2 heterocycles. The Bertz CT molecular complexity index is 1410. The average Bonchev–Trinajstić information content (AvgIpc) is 3.13. The number of aromatic nitrogens is 1. The van der Waals surface area contributed by atoms with Gasteiger partial charge >= 0.3 is 0 Å². The number of hydrogen-bond donors (Lipinski definition) is 0. The molecule has 1 aliphatic heterocycles. The van der Waals surface area contributed by atoms with E-state index in [9.17, 15) is 9.59 Å². The largest absolute Gasteiger partial charge is 0.482 e. The highest BCUT2D eigenvalue weighted by Gasteiger charge is 2.51. The van der Waals surface area contributed by atoms with Gasteiger partial charge in [0.15, 0.2) is 11.4 Å². The van der Waals surface area contributed by atoms with Gasteiger partial charge in [-0.1, -0.05) is 72.8 Å². The van der Waals surface area contributed by atoms with E-state index in [0.29, 0.717) is 17.6 Å². The number of ether oxygens (including phenoxy) is 1. The Hall–Kier alpha value is -4.13. The number of hydrogen-bond acceptors (Lipinski definition) is 4. The minimum Gasteiger partial charge on any atom is -0.482 e. The molecule has 3 aromatic rings. The summed E-state index contributed by atoms with van der Waals surface area (Å²) in [5, 5.41) is 1.47. The number of pyridine rings is 1. The minimum atomic E-state index is -2.05. The predicted octanol–water partition coefficient (Wildman–Crippen LogP) is 4.29. The van der Waals surface area contributed by atoms with E-state index in [0.717, 1.165) is 16.7 Å². The molecule has 2 aliphatic rings. The molecule has 0 saturated heterocycles. The van der Waals surface area contributed by atoms with E-state index < -0.39 is 17.1 Å². The second-order valence-corrected chi connectivity index (χ2v) is 8.99. The van der Waals surface area contributed by atoms with E-state index >= 15 is 4.39 Å². The van der Waals surface area contributed by atoms with Gasteiger partial charge in [0.25, 0.3) is 5.91 Å². The van der Waals surface area contributed by atoms with Gasteiger partial charge in [-0.25, -0.2) is 9.40 Å². The van der Waals surface area contributed by atoms with Crippen molar-refractivity contribution in [3.63, 3.8) is 0 Å². The Morgan fingerprint density at radius 1 is 1.11 bits per heavy atom. The van der Waals surface area contributed by atoms with Gasteiger partial charge < -0.3 is 9.64 Å². The number of rotatable bonds is 5. The van der Waals surface area contributed by atoms with Crippen LogP contribution in [-0.4, -0.2) is 29.2 Å². The fourth-order valence-corrected chi connectivity index (χ4v) is 4.78. The van der Waals surface area contributed by atoms with Crippen LogP contribution in [0.3, 0.4) is 0 Å². The lowest BCUT2D eigenvalue weighted by Crippen LogP contribution is -2.60. The van der Waals surface area contributed by atoms with Gasteiger partial charge in [0.1, 0.15) is 13.3 Å². The molecule has 0 N–H and O–H groups in total. The summed E-state index contributed by atoms with van der Waals surface area (Å²) < 4.78 is 24.7. The van der Waals surface area contributed by atoms with Crippen LogP contribution < -0.4 is 15.2 Å². The van der Waals surface area contributed by atoms with Gasteiger partial charge in [0.2, 0.25) is 11.2 Å². The highest BCUT2D eigenvalue weighted by atomic mass is 19.1. The number of nitrogens with zero attached hydrogens (tertiary/aromatic N) is 3. The van der Waals surface area contributed by atoms with Crippen LogP contribution >= 0.6 is 0 Å². The number of fused-ring (bicyclic) bond motifs is 2. The molecule has 0 spiro atoms. The molecular formula is C28H26FN3O3. The summed E-state index contributed by atoms with van der Waals surface area (Å²) in [6, 6.07) is 18.0. The molecule has 5 rings (SSSR count). The van der Waals surface area contributed by atoms with E-state index in [2.05, 4.69) is 6.58 Å². The maximum absolute atomic E-state index is 17.4. The SMILES string of the molecule is C=C(C)/C=C1/Cc2ccccc2C1(F)N1CN(C)C(=O)c2c(OCc3ccccc3)c(=O)ccn21. The molecule has 1 aliphatic carbocycles. The summed E-state index contributed by atoms with van der Waals surface area (Å²) in [6.07, 6.45) is 3.62. The summed E-state index contributed by atoms with van der Waals surface area (Å²) in [6.45, 7) is 5.85. The molecule has 35 heavy (non-hydrogen) atoms. The molecule has 0 bridgehead atoms. The molecule has 1 aromatic heterocycles. The van der Waals surface area contributed by atoms with Crippen molar-refractivity contribution in [2.45, 2.75) is 25.7 Å². The van der Waals surface area contributed by atoms with Crippen molar-refractivity contribution in [3.8, 4) is 5.75 Å². The average molecular weight is 472 g/mol. The Kier molecular flexibility index (Phi) is 5.55. The first-order valence-corrected chi connectivity index (χ1v) is 11.4. The molecule has 1 atom stereocenters. The van der Waals surface area contributed by atoms with E-state index in [1.54, 1.807) is 25.3 Å². The van der Waals surface area contributed by atoms with E-state index in [-0.39, 0.29) is 24.7 Å². The molecule has 0 saturated carbocycles. The van der Waals surface area contributed by atoms with Crippen LogP contribution in [0.5, 0.6) is 5.75 Å². The van der Waals surface area contributed by atoms with Crippen molar-refractivity contribution in [2.75, 3.05) is 18.7 Å². The molecular weight excluding hydrogens is 445 g/mol. The second-order valence-electron chi connectivity index (χ2n) is 8.99. The molecule has 178 valence electrons. The molecule has 1 unspecified atom stereocenters. The summed E-state index contributed by atoms with van der Waals surface area (Å²) in [5.41, 5.74) is 3.03. The highest BCUT2D eigenvalue weighted by Crippen LogP contribution is 2.47. The lowest BCUT2D eigenvalue weighted by atomic mass is 10.0. The fraction of sp³-hybridized carbons (Fsp3) is 0.214. The Morgan fingerprint density at radius 2 is 1.83 bits per heavy atom. The Balaban J connectivity index is 1.67. The highest BCUT2D eigenvalue weighted by molar-refractivity contribution is 5.96. The van der Waals surface area contributed by atoms with Crippen molar-refractivity contribution in [2.24, 2.45) is 0 Å². The van der Waals surface area contributed by atoms with Gasteiger partial charge in [0.05, 0.1) is 0 Å². The zero-order chi connectivity index (χ0) is 24.7. The normalized spacial score (nSPS) is 20.1. The van der Waals surface area contributed by atoms with Crippen molar-refractivity contribution < 1.29 is 13.9 Å². The third-order valence-electron chi connectivity index (χ3n) is 6.37. The minimum absolute atomic E-state index is 0.00161. The first-order valence-electron chi connectivity index (χ1n) is 11.4. The van der Waals surface area contributed by atoms with Crippen LogP contribution in [0.2, 0.25) is 0 Å². The zero-order valence-corrected chi connectivity index (χ0v) is 19.7. The fourth-order valence-electron chi connectivity index (χ4n) is 4.78. The number of benzene rings is 2. The van der Waals surface area contributed by atoms with Gasteiger partial charge in [-0.3, -0.25) is 14.3 Å². The van der Waals surface area contributed by atoms with Crippen LogP contribution in [-0.2, 0) is 18.8 Å². The van der Waals surface area contributed by atoms with Crippen molar-refractivity contribution in [1.82, 2.24) is 9.58 Å². The van der Waals surface area contributed by atoms with Crippen molar-refractivity contribution in [1.29, 1.82) is 0 Å². The first kappa shape index (κ1) is 22.7. The molecule has 7 heteroatoms. The predicted molar refractivity (Wildman–Crippen MR) is 132 cm³/mol. The zero-order valence-electron chi connectivity index (χ0n) is 19.7. The van der Waals surface area contributed by atoms with Gasteiger partial charge in [-0.15, -0.1) is 0 Å². The Labute approximate surface area is 203 Å². The molecule has 0 radical (unpaired) electrons. The van der Waals surface area contributed by atoms with Crippen LogP contribution in [0.25, 0.3) is 0 Å². The number of halogens is 1. The smallest absolute Gasteiger partial charge is 0.277 e. The summed E-state index contributed by atoms with van der Waals surface area (Å²) in [4.78, 5) is 27.5. The van der Waals surface area contributed by atoms with Crippen LogP contribution in [0.1, 0.15) is 34.1 Å². The monoisotopic (exact) mass is 471 g/mol.